The van der Waals surface area contributed by atoms with E-state index in [1.54, 1.807) is 71.9 Å². The van der Waals surface area contributed by atoms with Gasteiger partial charge in [-0.1, -0.05) is 0 Å². The number of ether oxygens (including phenoxy) is 5. The summed E-state index contributed by atoms with van der Waals surface area (Å²) in [6.07, 6.45) is 3.14. The summed E-state index contributed by atoms with van der Waals surface area (Å²) in [5, 5.41) is 0. The van der Waals surface area contributed by atoms with Crippen LogP contribution in [0.2, 0.25) is 0 Å². The number of ketones is 1. The topological polar surface area (TPSA) is 97.4 Å². The fourth-order valence-electron chi connectivity index (χ4n) is 3.30. The van der Waals surface area contributed by atoms with Crippen LogP contribution in [0, 0.1) is 24.7 Å². The summed E-state index contributed by atoms with van der Waals surface area (Å²) in [5.41, 5.74) is 1.46. The van der Waals surface area contributed by atoms with Gasteiger partial charge in [0, 0.05) is 16.7 Å². The minimum absolute atomic E-state index is 0.206. The highest BCUT2D eigenvalue weighted by molar-refractivity contribution is 6.07. The zero-order valence-electron chi connectivity index (χ0n) is 23.7. The average molecular weight is 527 g/mol. The van der Waals surface area contributed by atoms with Gasteiger partial charge in [0.05, 0.1) is 17.9 Å². The molecule has 0 bridgehead atoms. The first-order valence-corrected chi connectivity index (χ1v) is 12.3. The molecular formula is C30H38O8. The molecule has 0 unspecified atom stereocenters. The quantitative estimate of drug-likeness (QED) is 0.160. The molecule has 0 aliphatic rings. The Balaban J connectivity index is 2.07. The fourth-order valence-corrected chi connectivity index (χ4v) is 3.30. The first-order valence-electron chi connectivity index (χ1n) is 12.3. The van der Waals surface area contributed by atoms with Gasteiger partial charge in [0.1, 0.15) is 17.2 Å². The minimum Gasteiger partial charge on any atom is -0.496 e. The Labute approximate surface area is 224 Å². The lowest BCUT2D eigenvalue weighted by Crippen LogP contribution is -2.24. The van der Waals surface area contributed by atoms with Crippen LogP contribution in [0.3, 0.4) is 0 Å². The maximum absolute atomic E-state index is 12.8. The molecule has 8 heteroatoms. The Morgan fingerprint density at radius 1 is 0.789 bits per heavy atom. The van der Waals surface area contributed by atoms with E-state index >= 15 is 0 Å². The molecular weight excluding hydrogens is 488 g/mol. The van der Waals surface area contributed by atoms with Gasteiger partial charge in [0.2, 0.25) is 13.6 Å². The van der Waals surface area contributed by atoms with Crippen molar-refractivity contribution >= 4 is 23.8 Å². The smallest absolute Gasteiger partial charge is 0.314 e. The second-order valence-electron chi connectivity index (χ2n) is 10.9. The van der Waals surface area contributed by atoms with Crippen molar-refractivity contribution in [3.05, 3.63) is 58.7 Å². The number of hydrogen-bond donors (Lipinski definition) is 0. The van der Waals surface area contributed by atoms with E-state index in [-0.39, 0.29) is 31.3 Å². The third-order valence-electron chi connectivity index (χ3n) is 5.46. The van der Waals surface area contributed by atoms with Gasteiger partial charge in [0.15, 0.2) is 5.78 Å². The normalized spacial score (nSPS) is 11.7. The summed E-state index contributed by atoms with van der Waals surface area (Å²) in [7, 11) is 1.54. The van der Waals surface area contributed by atoms with Crippen molar-refractivity contribution in [2.45, 2.75) is 55.4 Å². The van der Waals surface area contributed by atoms with E-state index in [4.69, 9.17) is 23.7 Å². The van der Waals surface area contributed by atoms with Crippen molar-refractivity contribution < 1.29 is 38.1 Å². The number of hydrogen-bond acceptors (Lipinski definition) is 8. The number of carbonyl (C=O) groups is 3. The number of carbonyl (C=O) groups excluding carboxylic acids is 3. The van der Waals surface area contributed by atoms with E-state index < -0.39 is 10.8 Å². The number of rotatable bonds is 10. The van der Waals surface area contributed by atoms with Gasteiger partial charge in [0.25, 0.3) is 0 Å². The molecule has 38 heavy (non-hydrogen) atoms. The van der Waals surface area contributed by atoms with Crippen LogP contribution in [0.15, 0.2) is 36.4 Å². The predicted octanol–water partition coefficient (Wildman–Crippen LogP) is 6.06. The summed E-state index contributed by atoms with van der Waals surface area (Å²) in [6, 6.07) is 8.39. The van der Waals surface area contributed by atoms with Gasteiger partial charge in [-0.15, -0.1) is 0 Å². The molecule has 0 aromatic heterocycles. The molecule has 0 aliphatic carbocycles. The first kappa shape index (κ1) is 30.4. The second-order valence-corrected chi connectivity index (χ2v) is 10.9. The second kappa shape index (κ2) is 12.6. The summed E-state index contributed by atoms with van der Waals surface area (Å²) in [4.78, 5) is 36.6. The van der Waals surface area contributed by atoms with Crippen LogP contribution in [0.1, 0.15) is 68.6 Å². The van der Waals surface area contributed by atoms with Crippen LogP contribution in [0.25, 0.3) is 6.08 Å². The van der Waals surface area contributed by atoms with Gasteiger partial charge in [-0.2, -0.15) is 0 Å². The van der Waals surface area contributed by atoms with Crippen LogP contribution in [-0.4, -0.2) is 38.4 Å². The number of benzene rings is 2. The van der Waals surface area contributed by atoms with Gasteiger partial charge < -0.3 is 23.7 Å². The van der Waals surface area contributed by atoms with Crippen molar-refractivity contribution in [2.24, 2.45) is 10.8 Å². The monoisotopic (exact) mass is 526 g/mol. The fraction of sp³-hybridized carbons (Fsp3) is 0.433. The third kappa shape index (κ3) is 8.36. The number of allylic oxidation sites excluding steroid dienone is 1. The number of aryl methyl sites for hydroxylation is 1. The van der Waals surface area contributed by atoms with Gasteiger partial charge in [-0.05, 0) is 103 Å². The lowest BCUT2D eigenvalue weighted by Gasteiger charge is -2.19. The van der Waals surface area contributed by atoms with Crippen LogP contribution in [0.5, 0.6) is 17.2 Å². The van der Waals surface area contributed by atoms with Crippen LogP contribution in [-0.2, 0) is 19.1 Å². The Bertz CT molecular complexity index is 1180. The SMILES string of the molecule is COc1c(C=CC(=O)c2ccc(OCOC(=O)C(C)(C)C)cc2)cc(C)c(OCOC(=O)C(C)(C)C)c1C. The largest absolute Gasteiger partial charge is 0.496 e. The van der Waals surface area contributed by atoms with E-state index in [0.717, 1.165) is 11.1 Å². The van der Waals surface area contributed by atoms with E-state index in [1.165, 1.54) is 13.2 Å². The number of methoxy groups -OCH3 is 1. The third-order valence-corrected chi connectivity index (χ3v) is 5.46. The molecule has 0 fully saturated rings. The molecule has 0 N–H and O–H groups in total. The predicted molar refractivity (Wildman–Crippen MR) is 144 cm³/mol. The van der Waals surface area contributed by atoms with Gasteiger partial charge in [-0.3, -0.25) is 14.4 Å². The number of esters is 2. The van der Waals surface area contributed by atoms with Gasteiger partial charge in [-0.25, -0.2) is 0 Å². The lowest BCUT2D eigenvalue weighted by molar-refractivity contribution is -0.160. The van der Waals surface area contributed by atoms with Crippen molar-refractivity contribution in [3.8, 4) is 17.2 Å². The van der Waals surface area contributed by atoms with E-state index in [0.29, 0.717) is 28.4 Å². The highest BCUT2D eigenvalue weighted by Crippen LogP contribution is 2.36. The summed E-state index contributed by atoms with van der Waals surface area (Å²) >= 11 is 0. The zero-order valence-corrected chi connectivity index (χ0v) is 23.7. The molecule has 2 rings (SSSR count). The summed E-state index contributed by atoms with van der Waals surface area (Å²) < 4.78 is 27.1. The van der Waals surface area contributed by atoms with E-state index in [1.807, 2.05) is 19.9 Å². The highest BCUT2D eigenvalue weighted by Gasteiger charge is 2.24. The van der Waals surface area contributed by atoms with Crippen LogP contribution in [0.4, 0.5) is 0 Å². The summed E-state index contributed by atoms with van der Waals surface area (Å²) in [5.74, 6) is 0.646. The van der Waals surface area contributed by atoms with Crippen molar-refractivity contribution in [3.63, 3.8) is 0 Å². The Hall–Kier alpha value is -3.81. The van der Waals surface area contributed by atoms with Crippen molar-refractivity contribution in [1.29, 1.82) is 0 Å². The Morgan fingerprint density at radius 3 is 1.82 bits per heavy atom. The Kier molecular flexibility index (Phi) is 10.1. The molecule has 0 saturated carbocycles. The van der Waals surface area contributed by atoms with Crippen molar-refractivity contribution in [1.82, 2.24) is 0 Å². The molecule has 0 radical (unpaired) electrons. The molecule has 206 valence electrons. The maximum atomic E-state index is 12.8. The van der Waals surface area contributed by atoms with Crippen molar-refractivity contribution in [2.75, 3.05) is 20.7 Å². The van der Waals surface area contributed by atoms with Gasteiger partial charge >= 0.3 is 11.9 Å². The molecule has 0 heterocycles. The maximum Gasteiger partial charge on any atom is 0.314 e. The lowest BCUT2D eigenvalue weighted by atomic mass is 9.97. The van der Waals surface area contributed by atoms with Crippen LogP contribution >= 0.6 is 0 Å². The van der Waals surface area contributed by atoms with E-state index in [9.17, 15) is 14.4 Å². The molecule has 0 atom stereocenters. The minimum atomic E-state index is -0.624. The van der Waals surface area contributed by atoms with E-state index in [2.05, 4.69) is 0 Å². The molecule has 2 aromatic carbocycles. The first-order chi connectivity index (χ1) is 17.6. The van der Waals surface area contributed by atoms with Crippen LogP contribution < -0.4 is 14.2 Å². The average Bonchev–Trinajstić information content (AvgIpc) is 2.83. The zero-order chi connectivity index (χ0) is 28.7. The Morgan fingerprint density at radius 2 is 1.32 bits per heavy atom. The molecule has 0 spiro atoms. The molecule has 2 aromatic rings. The summed E-state index contributed by atoms with van der Waals surface area (Å²) in [6.45, 7) is 13.9. The molecule has 8 nitrogen and oxygen atoms in total. The molecule has 0 saturated heterocycles. The molecule has 0 amide bonds. The highest BCUT2D eigenvalue weighted by atomic mass is 16.7. The standard InChI is InChI=1S/C30H38O8/c1-19-16-22(26(34-9)20(2)25(19)36-18-38-28(33)30(6,7)8)12-15-24(31)21-10-13-23(14-11-21)35-17-37-27(32)29(3,4)5/h10-16H,17-18H2,1-9H3. The molecule has 0 aliphatic heterocycles.